The van der Waals surface area contributed by atoms with Gasteiger partial charge >= 0.3 is 0 Å². The SMILES string of the molecule is CCC1(c2cccs2)CC1CN. The van der Waals surface area contributed by atoms with Crippen LogP contribution in [0.1, 0.15) is 24.6 Å². The van der Waals surface area contributed by atoms with Gasteiger partial charge in [0.2, 0.25) is 0 Å². The third-order valence-electron chi connectivity index (χ3n) is 3.16. The van der Waals surface area contributed by atoms with Crippen molar-refractivity contribution in [1.29, 1.82) is 0 Å². The van der Waals surface area contributed by atoms with Gasteiger partial charge in [0, 0.05) is 10.3 Å². The maximum atomic E-state index is 5.70. The van der Waals surface area contributed by atoms with Crippen molar-refractivity contribution >= 4 is 11.3 Å². The lowest BCUT2D eigenvalue weighted by atomic mass is 9.98. The molecule has 2 N–H and O–H groups in total. The molecule has 1 aliphatic rings. The van der Waals surface area contributed by atoms with E-state index in [-0.39, 0.29) is 0 Å². The molecule has 1 aromatic rings. The van der Waals surface area contributed by atoms with Crippen molar-refractivity contribution < 1.29 is 0 Å². The smallest absolute Gasteiger partial charge is 0.0110 e. The molecule has 1 aliphatic carbocycles. The Hall–Kier alpha value is -0.340. The number of hydrogen-bond donors (Lipinski definition) is 1. The van der Waals surface area contributed by atoms with Crippen molar-refractivity contribution in [3.63, 3.8) is 0 Å². The fraction of sp³-hybridized carbons (Fsp3) is 0.600. The molecule has 0 saturated heterocycles. The molecule has 1 nitrogen and oxygen atoms in total. The van der Waals surface area contributed by atoms with Gasteiger partial charge in [-0.1, -0.05) is 13.0 Å². The summed E-state index contributed by atoms with van der Waals surface area (Å²) in [5, 5.41) is 2.17. The zero-order chi connectivity index (χ0) is 8.60. The first-order valence-electron chi connectivity index (χ1n) is 4.57. The largest absolute Gasteiger partial charge is 0.330 e. The highest BCUT2D eigenvalue weighted by Gasteiger charge is 2.53. The number of thiophene rings is 1. The van der Waals surface area contributed by atoms with Crippen molar-refractivity contribution in [2.45, 2.75) is 25.2 Å². The molecule has 1 saturated carbocycles. The molecule has 1 aromatic heterocycles. The Balaban J connectivity index is 2.22. The molecule has 2 atom stereocenters. The Bertz CT molecular complexity index is 255. The minimum atomic E-state index is 0.475. The molecule has 12 heavy (non-hydrogen) atoms. The van der Waals surface area contributed by atoms with Crippen molar-refractivity contribution in [3.05, 3.63) is 22.4 Å². The maximum Gasteiger partial charge on any atom is 0.0110 e. The summed E-state index contributed by atoms with van der Waals surface area (Å²) in [5.74, 6) is 0.751. The van der Waals surface area contributed by atoms with E-state index in [0.717, 1.165) is 12.5 Å². The first-order chi connectivity index (χ1) is 5.83. The highest BCUT2D eigenvalue weighted by molar-refractivity contribution is 7.10. The van der Waals surface area contributed by atoms with Crippen LogP contribution in [-0.4, -0.2) is 6.54 Å². The second-order valence-corrected chi connectivity index (χ2v) is 4.57. The van der Waals surface area contributed by atoms with Gasteiger partial charge in [0.25, 0.3) is 0 Å². The summed E-state index contributed by atoms with van der Waals surface area (Å²) in [6.45, 7) is 3.13. The minimum Gasteiger partial charge on any atom is -0.330 e. The highest BCUT2D eigenvalue weighted by Crippen LogP contribution is 2.57. The van der Waals surface area contributed by atoms with Crippen molar-refractivity contribution in [3.8, 4) is 0 Å². The van der Waals surface area contributed by atoms with Crippen LogP contribution in [0.25, 0.3) is 0 Å². The molecule has 0 aliphatic heterocycles. The third-order valence-corrected chi connectivity index (χ3v) is 4.25. The zero-order valence-corrected chi connectivity index (χ0v) is 8.23. The van der Waals surface area contributed by atoms with Gasteiger partial charge in [0.05, 0.1) is 0 Å². The van der Waals surface area contributed by atoms with E-state index in [1.165, 1.54) is 12.8 Å². The Morgan fingerprint density at radius 1 is 1.75 bits per heavy atom. The van der Waals surface area contributed by atoms with Crippen LogP contribution in [-0.2, 0) is 5.41 Å². The summed E-state index contributed by atoms with van der Waals surface area (Å²) < 4.78 is 0. The van der Waals surface area contributed by atoms with Gasteiger partial charge in [-0.05, 0) is 36.8 Å². The molecule has 0 radical (unpaired) electrons. The Morgan fingerprint density at radius 3 is 3.00 bits per heavy atom. The summed E-state index contributed by atoms with van der Waals surface area (Å²) in [7, 11) is 0. The fourth-order valence-corrected chi connectivity index (χ4v) is 3.25. The van der Waals surface area contributed by atoms with Gasteiger partial charge in [-0.25, -0.2) is 0 Å². The molecule has 2 rings (SSSR count). The lowest BCUT2D eigenvalue weighted by Crippen LogP contribution is -2.12. The van der Waals surface area contributed by atoms with E-state index in [1.807, 2.05) is 11.3 Å². The van der Waals surface area contributed by atoms with Crippen LogP contribution in [0.3, 0.4) is 0 Å². The highest BCUT2D eigenvalue weighted by atomic mass is 32.1. The molecule has 66 valence electrons. The molecule has 2 unspecified atom stereocenters. The summed E-state index contributed by atoms with van der Waals surface area (Å²) in [5.41, 5.74) is 6.17. The van der Waals surface area contributed by atoms with Crippen LogP contribution in [0.5, 0.6) is 0 Å². The van der Waals surface area contributed by atoms with Crippen LogP contribution in [0, 0.1) is 5.92 Å². The zero-order valence-electron chi connectivity index (χ0n) is 7.42. The number of nitrogens with two attached hydrogens (primary N) is 1. The van der Waals surface area contributed by atoms with E-state index in [2.05, 4.69) is 24.4 Å². The average Bonchev–Trinajstić information content (AvgIpc) is 2.57. The summed E-state index contributed by atoms with van der Waals surface area (Å²) in [4.78, 5) is 1.54. The standard InChI is InChI=1S/C10H15NS/c1-2-10(6-8(10)7-11)9-4-3-5-12-9/h3-5,8H,2,6-7,11H2,1H3. The van der Waals surface area contributed by atoms with Gasteiger partial charge < -0.3 is 5.73 Å². The topological polar surface area (TPSA) is 26.0 Å². The maximum absolute atomic E-state index is 5.70. The number of hydrogen-bond acceptors (Lipinski definition) is 2. The van der Waals surface area contributed by atoms with Gasteiger partial charge in [0.15, 0.2) is 0 Å². The summed E-state index contributed by atoms with van der Waals surface area (Å²) in [6, 6.07) is 4.40. The first kappa shape index (κ1) is 8.27. The summed E-state index contributed by atoms with van der Waals surface area (Å²) >= 11 is 1.88. The molecule has 1 fully saturated rings. The van der Waals surface area contributed by atoms with E-state index in [9.17, 15) is 0 Å². The Morgan fingerprint density at radius 2 is 2.58 bits per heavy atom. The second kappa shape index (κ2) is 2.86. The first-order valence-corrected chi connectivity index (χ1v) is 5.45. The lowest BCUT2D eigenvalue weighted by molar-refractivity contribution is 0.597. The Kier molecular flexibility index (Phi) is 1.97. The van der Waals surface area contributed by atoms with Gasteiger partial charge in [-0.15, -0.1) is 11.3 Å². The fourth-order valence-electron chi connectivity index (χ4n) is 2.16. The predicted molar refractivity (Wildman–Crippen MR) is 53.4 cm³/mol. The van der Waals surface area contributed by atoms with Crippen LogP contribution in [0.15, 0.2) is 17.5 Å². The molecule has 0 aromatic carbocycles. The monoisotopic (exact) mass is 181 g/mol. The average molecular weight is 181 g/mol. The molecule has 2 heteroatoms. The van der Waals surface area contributed by atoms with Gasteiger partial charge in [-0.2, -0.15) is 0 Å². The van der Waals surface area contributed by atoms with Crippen molar-refractivity contribution in [2.75, 3.05) is 6.54 Å². The molecule has 0 amide bonds. The summed E-state index contributed by atoms with van der Waals surface area (Å²) in [6.07, 6.45) is 2.55. The number of rotatable bonds is 3. The lowest BCUT2D eigenvalue weighted by Gasteiger charge is -2.11. The predicted octanol–water partition coefficient (Wildman–Crippen LogP) is 2.37. The second-order valence-electron chi connectivity index (χ2n) is 3.62. The normalized spacial score (nSPS) is 33.7. The van der Waals surface area contributed by atoms with Crippen molar-refractivity contribution in [1.82, 2.24) is 0 Å². The van der Waals surface area contributed by atoms with Crippen LogP contribution < -0.4 is 5.73 Å². The molecule has 1 heterocycles. The molecular formula is C10H15NS. The van der Waals surface area contributed by atoms with E-state index in [0.29, 0.717) is 5.41 Å². The Labute approximate surface area is 77.6 Å². The van der Waals surface area contributed by atoms with Crippen LogP contribution in [0.4, 0.5) is 0 Å². The van der Waals surface area contributed by atoms with E-state index in [1.54, 1.807) is 4.88 Å². The van der Waals surface area contributed by atoms with E-state index >= 15 is 0 Å². The van der Waals surface area contributed by atoms with E-state index < -0.39 is 0 Å². The van der Waals surface area contributed by atoms with Gasteiger partial charge in [-0.3, -0.25) is 0 Å². The van der Waals surface area contributed by atoms with Gasteiger partial charge in [0.1, 0.15) is 0 Å². The van der Waals surface area contributed by atoms with Crippen molar-refractivity contribution in [2.24, 2.45) is 11.7 Å². The van der Waals surface area contributed by atoms with Crippen LogP contribution in [0.2, 0.25) is 0 Å². The minimum absolute atomic E-state index is 0.475. The molecule has 0 spiro atoms. The molecular weight excluding hydrogens is 166 g/mol. The van der Waals surface area contributed by atoms with E-state index in [4.69, 9.17) is 5.73 Å². The quantitative estimate of drug-likeness (QED) is 0.761. The third kappa shape index (κ3) is 1.02. The van der Waals surface area contributed by atoms with Crippen LogP contribution >= 0.6 is 11.3 Å². The molecule has 0 bridgehead atoms.